The number of benzene rings is 1. The van der Waals surface area contributed by atoms with E-state index < -0.39 is 10.0 Å². The molecule has 1 atom stereocenters. The van der Waals surface area contributed by atoms with Gasteiger partial charge in [-0.3, -0.25) is 0 Å². The average molecular weight is 267 g/mol. The molecule has 100 valence electrons. The molecule has 1 unspecified atom stereocenters. The van der Waals surface area contributed by atoms with Gasteiger partial charge in [-0.25, -0.2) is 8.42 Å². The van der Waals surface area contributed by atoms with Crippen LogP contribution in [0.2, 0.25) is 0 Å². The van der Waals surface area contributed by atoms with Crippen molar-refractivity contribution >= 4 is 10.0 Å². The molecule has 0 radical (unpaired) electrons. The summed E-state index contributed by atoms with van der Waals surface area (Å²) in [5.41, 5.74) is 1.17. The first-order valence-corrected chi connectivity index (χ1v) is 8.10. The summed E-state index contributed by atoms with van der Waals surface area (Å²) in [6, 6.07) is 7.39. The zero-order valence-electron chi connectivity index (χ0n) is 11.1. The Balaban J connectivity index is 2.28. The Morgan fingerprint density at radius 3 is 2.44 bits per heavy atom. The molecular formula is C14H21NO2S. The molecular weight excluding hydrogens is 246 g/mol. The van der Waals surface area contributed by atoms with E-state index in [1.807, 2.05) is 19.1 Å². The minimum atomic E-state index is -3.30. The first-order valence-electron chi connectivity index (χ1n) is 6.66. The van der Waals surface area contributed by atoms with Crippen LogP contribution in [0.1, 0.15) is 38.7 Å². The van der Waals surface area contributed by atoms with Crippen molar-refractivity contribution in [1.29, 1.82) is 0 Å². The molecule has 3 nitrogen and oxygen atoms in total. The first-order chi connectivity index (χ1) is 8.55. The van der Waals surface area contributed by atoms with Crippen LogP contribution in [-0.4, -0.2) is 25.3 Å². The highest BCUT2D eigenvalue weighted by molar-refractivity contribution is 7.89. The number of hydrogen-bond donors (Lipinski definition) is 0. The van der Waals surface area contributed by atoms with Gasteiger partial charge >= 0.3 is 0 Å². The minimum absolute atomic E-state index is 0.120. The van der Waals surface area contributed by atoms with Crippen molar-refractivity contribution in [3.05, 3.63) is 29.8 Å². The Morgan fingerprint density at radius 2 is 1.89 bits per heavy atom. The second-order valence-corrected chi connectivity index (χ2v) is 6.85. The molecule has 18 heavy (non-hydrogen) atoms. The highest BCUT2D eigenvalue weighted by Crippen LogP contribution is 2.25. The second kappa shape index (κ2) is 5.41. The molecule has 0 saturated carbocycles. The van der Waals surface area contributed by atoms with Gasteiger partial charge in [-0.1, -0.05) is 25.5 Å². The Kier molecular flexibility index (Phi) is 4.07. The minimum Gasteiger partial charge on any atom is -0.207 e. The fourth-order valence-corrected chi connectivity index (χ4v) is 4.16. The maximum atomic E-state index is 12.5. The molecule has 1 fully saturated rings. The Morgan fingerprint density at radius 1 is 1.22 bits per heavy atom. The van der Waals surface area contributed by atoms with Gasteiger partial charge in [-0.05, 0) is 43.9 Å². The highest BCUT2D eigenvalue weighted by atomic mass is 32.2. The van der Waals surface area contributed by atoms with Crippen LogP contribution >= 0.6 is 0 Å². The summed E-state index contributed by atoms with van der Waals surface area (Å²) in [4.78, 5) is 0.424. The number of sulfonamides is 1. The summed E-state index contributed by atoms with van der Waals surface area (Å²) in [5, 5.41) is 0. The van der Waals surface area contributed by atoms with Gasteiger partial charge in [-0.15, -0.1) is 0 Å². The molecule has 0 aliphatic carbocycles. The molecule has 1 saturated heterocycles. The number of aryl methyl sites for hydroxylation is 1. The smallest absolute Gasteiger partial charge is 0.207 e. The molecule has 0 aromatic heterocycles. The van der Waals surface area contributed by atoms with Crippen molar-refractivity contribution in [2.45, 2.75) is 50.5 Å². The molecule has 1 aromatic carbocycles. The SMILES string of the molecule is CCc1ccc(S(=O)(=O)N2CCCCC2C)cc1. The maximum Gasteiger partial charge on any atom is 0.243 e. The molecule has 1 aliphatic heterocycles. The van der Waals surface area contributed by atoms with Gasteiger partial charge in [0, 0.05) is 12.6 Å². The van der Waals surface area contributed by atoms with Crippen LogP contribution in [-0.2, 0) is 16.4 Å². The van der Waals surface area contributed by atoms with Crippen LogP contribution in [0.4, 0.5) is 0 Å². The third-order valence-corrected chi connectivity index (χ3v) is 5.71. The summed E-state index contributed by atoms with van der Waals surface area (Å²) in [5.74, 6) is 0. The van der Waals surface area contributed by atoms with E-state index in [9.17, 15) is 8.42 Å². The van der Waals surface area contributed by atoms with Crippen LogP contribution in [0.15, 0.2) is 29.2 Å². The number of hydrogen-bond acceptors (Lipinski definition) is 2. The first kappa shape index (κ1) is 13.6. The predicted molar refractivity (Wildman–Crippen MR) is 73.0 cm³/mol. The summed E-state index contributed by atoms with van der Waals surface area (Å²) in [6.45, 7) is 4.71. The Bertz CT molecular complexity index is 493. The van der Waals surface area contributed by atoms with Gasteiger partial charge < -0.3 is 0 Å². The number of rotatable bonds is 3. The largest absolute Gasteiger partial charge is 0.243 e. The van der Waals surface area contributed by atoms with Gasteiger partial charge in [-0.2, -0.15) is 4.31 Å². The van der Waals surface area contributed by atoms with E-state index in [2.05, 4.69) is 6.92 Å². The monoisotopic (exact) mass is 267 g/mol. The molecule has 2 rings (SSSR count). The van der Waals surface area contributed by atoms with Crippen molar-refractivity contribution < 1.29 is 8.42 Å². The predicted octanol–water partition coefficient (Wildman–Crippen LogP) is 2.81. The molecule has 4 heteroatoms. The van der Waals surface area contributed by atoms with Crippen LogP contribution in [0.25, 0.3) is 0 Å². The van der Waals surface area contributed by atoms with Gasteiger partial charge in [0.2, 0.25) is 10.0 Å². The molecule has 1 heterocycles. The standard InChI is InChI=1S/C14H21NO2S/c1-3-13-7-9-14(10-8-13)18(16,17)15-11-5-4-6-12(15)2/h7-10,12H,3-6,11H2,1-2H3. The van der Waals surface area contributed by atoms with Gasteiger partial charge in [0.15, 0.2) is 0 Å². The van der Waals surface area contributed by atoms with Gasteiger partial charge in [0.05, 0.1) is 4.90 Å². The lowest BCUT2D eigenvalue weighted by Crippen LogP contribution is -2.41. The quantitative estimate of drug-likeness (QED) is 0.844. The topological polar surface area (TPSA) is 37.4 Å². The summed E-state index contributed by atoms with van der Waals surface area (Å²) >= 11 is 0. The third kappa shape index (κ3) is 2.59. The fourth-order valence-electron chi connectivity index (χ4n) is 2.46. The molecule has 1 aliphatic rings. The lowest BCUT2D eigenvalue weighted by Gasteiger charge is -2.32. The van der Waals surface area contributed by atoms with Crippen molar-refractivity contribution in [1.82, 2.24) is 4.31 Å². The van der Waals surface area contributed by atoms with Crippen LogP contribution in [0, 0.1) is 0 Å². The Labute approximate surface area is 110 Å². The Hall–Kier alpha value is -0.870. The molecule has 0 spiro atoms. The molecule has 0 N–H and O–H groups in total. The third-order valence-electron chi connectivity index (χ3n) is 3.68. The zero-order chi connectivity index (χ0) is 13.2. The molecule has 0 bridgehead atoms. The van der Waals surface area contributed by atoms with Gasteiger partial charge in [0.25, 0.3) is 0 Å². The van der Waals surface area contributed by atoms with E-state index in [4.69, 9.17) is 0 Å². The summed E-state index contributed by atoms with van der Waals surface area (Å²) in [6.07, 6.45) is 3.99. The van der Waals surface area contributed by atoms with E-state index >= 15 is 0 Å². The van der Waals surface area contributed by atoms with Crippen LogP contribution in [0.5, 0.6) is 0 Å². The van der Waals surface area contributed by atoms with E-state index in [-0.39, 0.29) is 6.04 Å². The van der Waals surface area contributed by atoms with E-state index in [1.54, 1.807) is 16.4 Å². The molecule has 0 amide bonds. The number of piperidine rings is 1. The van der Waals surface area contributed by atoms with E-state index in [0.29, 0.717) is 11.4 Å². The van der Waals surface area contributed by atoms with E-state index in [0.717, 1.165) is 25.7 Å². The molecule has 1 aromatic rings. The van der Waals surface area contributed by atoms with Crippen LogP contribution in [0.3, 0.4) is 0 Å². The fraction of sp³-hybridized carbons (Fsp3) is 0.571. The van der Waals surface area contributed by atoms with Gasteiger partial charge in [0.1, 0.15) is 0 Å². The number of nitrogens with zero attached hydrogens (tertiary/aromatic N) is 1. The summed E-state index contributed by atoms with van der Waals surface area (Å²) in [7, 11) is -3.30. The van der Waals surface area contributed by atoms with Crippen molar-refractivity contribution in [3.8, 4) is 0 Å². The van der Waals surface area contributed by atoms with Crippen LogP contribution < -0.4 is 0 Å². The second-order valence-electron chi connectivity index (χ2n) is 4.96. The van der Waals surface area contributed by atoms with Crippen molar-refractivity contribution in [2.75, 3.05) is 6.54 Å². The maximum absolute atomic E-state index is 12.5. The summed E-state index contributed by atoms with van der Waals surface area (Å²) < 4.78 is 26.7. The van der Waals surface area contributed by atoms with Crippen molar-refractivity contribution in [3.63, 3.8) is 0 Å². The lowest BCUT2D eigenvalue weighted by molar-refractivity contribution is 0.268. The highest BCUT2D eigenvalue weighted by Gasteiger charge is 2.30. The zero-order valence-corrected chi connectivity index (χ0v) is 11.9. The average Bonchev–Trinajstić information content (AvgIpc) is 2.39. The van der Waals surface area contributed by atoms with Crippen molar-refractivity contribution in [2.24, 2.45) is 0 Å². The lowest BCUT2D eigenvalue weighted by atomic mass is 10.1. The normalized spacial score (nSPS) is 22.0. The van der Waals surface area contributed by atoms with E-state index in [1.165, 1.54) is 5.56 Å².